The molecule has 0 atom stereocenters. The molecule has 6 nitrogen and oxygen atoms in total. The molecule has 0 amide bonds. The molecule has 0 aliphatic heterocycles. The minimum atomic E-state index is 0.760. The van der Waals surface area contributed by atoms with Crippen molar-refractivity contribution in [3.8, 4) is 0 Å². The van der Waals surface area contributed by atoms with E-state index < -0.39 is 0 Å². The van der Waals surface area contributed by atoms with Gasteiger partial charge in [0.2, 0.25) is 5.65 Å². The van der Waals surface area contributed by atoms with Crippen molar-refractivity contribution in [2.45, 2.75) is 32.1 Å². The summed E-state index contributed by atoms with van der Waals surface area (Å²) in [6.07, 6.45) is 11.2. The Morgan fingerprint density at radius 1 is 1.29 bits per heavy atom. The first kappa shape index (κ1) is 12.7. The van der Waals surface area contributed by atoms with Crippen molar-refractivity contribution in [1.82, 2.24) is 24.6 Å². The van der Waals surface area contributed by atoms with Crippen LogP contribution in [0.4, 0.5) is 5.82 Å². The minimum absolute atomic E-state index is 0.760. The number of fused-ring (bicyclic) bond motifs is 2. The summed E-state index contributed by atoms with van der Waals surface area (Å²) in [5.74, 6) is 0.774. The van der Waals surface area contributed by atoms with E-state index in [1.165, 1.54) is 34.8 Å². The molecule has 3 aromatic heterocycles. The number of nitrogens with one attached hydrogen (secondary N) is 1. The summed E-state index contributed by atoms with van der Waals surface area (Å²) in [7, 11) is 0. The highest BCUT2D eigenvalue weighted by atomic mass is 32.1. The van der Waals surface area contributed by atoms with E-state index in [1.54, 1.807) is 12.5 Å². The number of aromatic nitrogens is 5. The standard InChI is InChI=1S/C14H16N6S/c1-2-4-11-10(3-1)18-12(21-11)5-6-15-13-14-19-17-9-20(14)8-7-16-13/h7-9H,1-6H2,(H,15,16). The molecule has 1 N–H and O–H groups in total. The lowest BCUT2D eigenvalue weighted by molar-refractivity contribution is 0.680. The molecular weight excluding hydrogens is 284 g/mol. The molecule has 0 aromatic carbocycles. The van der Waals surface area contributed by atoms with Crippen molar-refractivity contribution < 1.29 is 0 Å². The van der Waals surface area contributed by atoms with Crippen molar-refractivity contribution >= 4 is 22.8 Å². The van der Waals surface area contributed by atoms with Gasteiger partial charge in [0.05, 0.1) is 10.7 Å². The van der Waals surface area contributed by atoms with Crippen molar-refractivity contribution in [2.24, 2.45) is 0 Å². The van der Waals surface area contributed by atoms with E-state index in [1.807, 2.05) is 21.9 Å². The number of thiazole rings is 1. The fraction of sp³-hybridized carbons (Fsp3) is 0.429. The fourth-order valence-corrected chi connectivity index (χ4v) is 3.84. The van der Waals surface area contributed by atoms with E-state index >= 15 is 0 Å². The van der Waals surface area contributed by atoms with E-state index in [2.05, 4.69) is 20.5 Å². The highest BCUT2D eigenvalue weighted by molar-refractivity contribution is 7.11. The summed E-state index contributed by atoms with van der Waals surface area (Å²) in [5, 5.41) is 12.5. The Balaban J connectivity index is 1.43. The van der Waals surface area contributed by atoms with E-state index in [0.717, 1.165) is 30.9 Å². The number of aryl methyl sites for hydroxylation is 2. The lowest BCUT2D eigenvalue weighted by Crippen LogP contribution is -2.07. The third kappa shape index (κ3) is 2.49. The van der Waals surface area contributed by atoms with Gasteiger partial charge < -0.3 is 5.32 Å². The maximum atomic E-state index is 4.76. The number of hydrogen-bond donors (Lipinski definition) is 1. The first-order valence-corrected chi connectivity index (χ1v) is 8.07. The van der Waals surface area contributed by atoms with Crippen LogP contribution in [0.3, 0.4) is 0 Å². The van der Waals surface area contributed by atoms with Crippen molar-refractivity contribution in [1.29, 1.82) is 0 Å². The SMILES string of the molecule is c1cn2cnnc2c(NCCc2nc3c(s2)CCCC3)n1. The highest BCUT2D eigenvalue weighted by Crippen LogP contribution is 2.26. The molecule has 21 heavy (non-hydrogen) atoms. The number of anilines is 1. The predicted molar refractivity (Wildman–Crippen MR) is 81.7 cm³/mol. The molecule has 0 spiro atoms. The van der Waals surface area contributed by atoms with Crippen molar-refractivity contribution in [2.75, 3.05) is 11.9 Å². The molecule has 4 rings (SSSR count). The Hall–Kier alpha value is -2.02. The van der Waals surface area contributed by atoms with Gasteiger partial charge in [-0.2, -0.15) is 0 Å². The Kier molecular flexibility index (Phi) is 3.27. The van der Waals surface area contributed by atoms with Gasteiger partial charge in [-0.1, -0.05) is 0 Å². The Labute approximate surface area is 126 Å². The van der Waals surface area contributed by atoms with E-state index in [9.17, 15) is 0 Å². The minimum Gasteiger partial charge on any atom is -0.366 e. The van der Waals surface area contributed by atoms with Gasteiger partial charge in [0.1, 0.15) is 6.33 Å². The third-order valence-electron chi connectivity index (χ3n) is 3.74. The predicted octanol–water partition coefficient (Wildman–Crippen LogP) is 2.11. The first-order valence-electron chi connectivity index (χ1n) is 7.26. The summed E-state index contributed by atoms with van der Waals surface area (Å²) in [6, 6.07) is 0. The topological polar surface area (TPSA) is 68.0 Å². The average Bonchev–Trinajstić information content (AvgIpc) is 3.13. The quantitative estimate of drug-likeness (QED) is 0.799. The second-order valence-electron chi connectivity index (χ2n) is 5.20. The van der Waals surface area contributed by atoms with Gasteiger partial charge in [0.15, 0.2) is 5.82 Å². The van der Waals surface area contributed by atoms with Crippen LogP contribution < -0.4 is 5.32 Å². The third-order valence-corrected chi connectivity index (χ3v) is 4.95. The molecule has 0 bridgehead atoms. The van der Waals surface area contributed by atoms with Crippen LogP contribution in [-0.4, -0.2) is 31.1 Å². The van der Waals surface area contributed by atoms with Crippen LogP contribution in [0, 0.1) is 0 Å². The van der Waals surface area contributed by atoms with Gasteiger partial charge in [-0.3, -0.25) is 4.40 Å². The summed E-state index contributed by atoms with van der Waals surface area (Å²) in [4.78, 5) is 10.6. The molecular formula is C14H16N6S. The first-order chi connectivity index (χ1) is 10.4. The zero-order chi connectivity index (χ0) is 14.1. The number of hydrogen-bond acceptors (Lipinski definition) is 6. The van der Waals surface area contributed by atoms with E-state index in [-0.39, 0.29) is 0 Å². The van der Waals surface area contributed by atoms with Crippen LogP contribution in [0.2, 0.25) is 0 Å². The maximum absolute atomic E-state index is 4.76. The van der Waals surface area contributed by atoms with Gasteiger partial charge >= 0.3 is 0 Å². The molecule has 3 aromatic rings. The van der Waals surface area contributed by atoms with Crippen molar-refractivity contribution in [3.05, 3.63) is 34.3 Å². The molecule has 0 fully saturated rings. The van der Waals surface area contributed by atoms with Gasteiger partial charge in [-0.05, 0) is 25.7 Å². The summed E-state index contributed by atoms with van der Waals surface area (Å²) < 4.78 is 1.86. The fourth-order valence-electron chi connectivity index (χ4n) is 2.68. The Morgan fingerprint density at radius 2 is 2.24 bits per heavy atom. The second kappa shape index (κ2) is 5.40. The molecule has 0 radical (unpaired) electrons. The average molecular weight is 300 g/mol. The summed E-state index contributed by atoms with van der Waals surface area (Å²) in [5.41, 5.74) is 2.09. The molecule has 1 aliphatic carbocycles. The largest absolute Gasteiger partial charge is 0.366 e. The molecule has 7 heteroatoms. The molecule has 0 unspecified atom stereocenters. The van der Waals surface area contributed by atoms with Crippen LogP contribution >= 0.6 is 11.3 Å². The van der Waals surface area contributed by atoms with Crippen LogP contribution in [0.15, 0.2) is 18.7 Å². The molecule has 108 valence electrons. The van der Waals surface area contributed by atoms with E-state index in [4.69, 9.17) is 4.98 Å². The summed E-state index contributed by atoms with van der Waals surface area (Å²) >= 11 is 1.87. The zero-order valence-electron chi connectivity index (χ0n) is 11.6. The number of nitrogens with zero attached hydrogens (tertiary/aromatic N) is 5. The van der Waals surface area contributed by atoms with Gasteiger partial charge in [0, 0.05) is 30.2 Å². The highest BCUT2D eigenvalue weighted by Gasteiger charge is 2.14. The van der Waals surface area contributed by atoms with Gasteiger partial charge in [-0.25, -0.2) is 9.97 Å². The van der Waals surface area contributed by atoms with Crippen molar-refractivity contribution in [3.63, 3.8) is 0 Å². The monoisotopic (exact) mass is 300 g/mol. The van der Waals surface area contributed by atoms with Crippen LogP contribution in [-0.2, 0) is 19.3 Å². The van der Waals surface area contributed by atoms with Crippen LogP contribution in [0.25, 0.3) is 5.65 Å². The molecule has 1 aliphatic rings. The zero-order valence-corrected chi connectivity index (χ0v) is 12.4. The van der Waals surface area contributed by atoms with Gasteiger partial charge in [-0.15, -0.1) is 21.5 Å². The molecule has 0 saturated heterocycles. The normalized spacial score (nSPS) is 14.3. The van der Waals surface area contributed by atoms with Gasteiger partial charge in [0.25, 0.3) is 0 Å². The number of rotatable bonds is 4. The van der Waals surface area contributed by atoms with E-state index in [0.29, 0.717) is 0 Å². The maximum Gasteiger partial charge on any atom is 0.203 e. The smallest absolute Gasteiger partial charge is 0.203 e. The van der Waals surface area contributed by atoms with Crippen LogP contribution in [0.1, 0.15) is 28.4 Å². The lowest BCUT2D eigenvalue weighted by atomic mass is 10.0. The van der Waals surface area contributed by atoms with Crippen LogP contribution in [0.5, 0.6) is 0 Å². The summed E-state index contributed by atoms with van der Waals surface area (Å²) in [6.45, 7) is 0.811. The lowest BCUT2D eigenvalue weighted by Gasteiger charge is -2.06. The Morgan fingerprint density at radius 3 is 3.19 bits per heavy atom. The second-order valence-corrected chi connectivity index (χ2v) is 6.37. The molecule has 0 saturated carbocycles. The Bertz CT molecular complexity index is 738. The molecule has 3 heterocycles.